The quantitative estimate of drug-likeness (QED) is 0.178. The summed E-state index contributed by atoms with van der Waals surface area (Å²) in [4.78, 5) is 29.9. The third kappa shape index (κ3) is 5.66. The Morgan fingerprint density at radius 3 is 1.92 bits per heavy atom. The summed E-state index contributed by atoms with van der Waals surface area (Å²) in [5, 5.41) is 24.4. The number of phenols is 1. The lowest BCUT2D eigenvalue weighted by Crippen LogP contribution is -2.66. The highest BCUT2D eigenvalue weighted by atomic mass is 28.4. The van der Waals surface area contributed by atoms with E-state index in [-0.39, 0.29) is 29.2 Å². The van der Waals surface area contributed by atoms with Gasteiger partial charge in [0, 0.05) is 0 Å². The molecule has 2 saturated heterocycles. The topological polar surface area (TPSA) is 96.3 Å². The number of amides is 2. The lowest BCUT2D eigenvalue weighted by molar-refractivity contribution is -0.123. The maximum Gasteiger partial charge on any atom is 0.487 e. The molecule has 50 heavy (non-hydrogen) atoms. The molecule has 4 aromatic carbocycles. The van der Waals surface area contributed by atoms with Crippen molar-refractivity contribution in [3.8, 4) is 5.75 Å². The molecule has 0 radical (unpaired) electrons. The molecule has 0 unspecified atom stereocenters. The van der Waals surface area contributed by atoms with Gasteiger partial charge in [0.25, 0.3) is 8.32 Å². The summed E-state index contributed by atoms with van der Waals surface area (Å²) in [6.07, 6.45) is 0.162. The van der Waals surface area contributed by atoms with Crippen LogP contribution in [0.2, 0.25) is 5.04 Å². The van der Waals surface area contributed by atoms with E-state index in [0.29, 0.717) is 35.1 Å². The molecular formula is C41H44BNO6Si. The second-order valence-corrected chi connectivity index (χ2v) is 19.3. The molecule has 2 aliphatic heterocycles. The Hall–Kier alpha value is -4.28. The molecule has 0 aromatic heterocycles. The number of anilines is 1. The number of imide groups is 1. The first-order chi connectivity index (χ1) is 23.9. The number of aromatic hydroxyl groups is 1. The molecule has 7 rings (SSSR count). The second kappa shape index (κ2) is 13.1. The van der Waals surface area contributed by atoms with E-state index in [9.17, 15) is 19.7 Å². The molecule has 2 heterocycles. The van der Waals surface area contributed by atoms with Crippen LogP contribution in [0.25, 0.3) is 0 Å². The zero-order valence-electron chi connectivity index (χ0n) is 29.3. The molecule has 2 fully saturated rings. The third-order valence-corrected chi connectivity index (χ3v) is 16.0. The SMILES string of the molecule is Cc1cc([C@@H]2C[C@@H]3C(=C(CO[Si](c4ccccc4)(c4ccccc4)C(C)(C)C)C[C@@H]4C(=O)N(c5ccccc5)C(=O)[C@@H]43)B(O)O2)cc(C)c1O. The maximum absolute atomic E-state index is 14.3. The number of rotatable bonds is 7. The Bertz CT molecular complexity index is 1880. The summed E-state index contributed by atoms with van der Waals surface area (Å²) in [7, 11) is -4.26. The number of para-hydroxylation sites is 1. The number of allylic oxidation sites excluding steroid dienone is 1. The first-order valence-corrected chi connectivity index (χ1v) is 19.4. The van der Waals surface area contributed by atoms with Crippen LogP contribution < -0.4 is 15.3 Å². The Labute approximate surface area is 295 Å². The number of fused-ring (bicyclic) bond motifs is 3. The molecule has 256 valence electrons. The van der Waals surface area contributed by atoms with Crippen molar-refractivity contribution in [1.29, 1.82) is 0 Å². The smallest absolute Gasteiger partial charge is 0.487 e. The first kappa shape index (κ1) is 34.2. The van der Waals surface area contributed by atoms with Gasteiger partial charge in [-0.15, -0.1) is 0 Å². The summed E-state index contributed by atoms with van der Waals surface area (Å²) in [5.41, 5.74) is 4.27. The van der Waals surface area contributed by atoms with Crippen LogP contribution in [0, 0.1) is 31.6 Å². The molecule has 9 heteroatoms. The van der Waals surface area contributed by atoms with Gasteiger partial charge < -0.3 is 19.2 Å². The summed E-state index contributed by atoms with van der Waals surface area (Å²) >= 11 is 0. The van der Waals surface area contributed by atoms with Gasteiger partial charge in [0.05, 0.1) is 30.2 Å². The number of aryl methyl sites for hydroxylation is 2. The van der Waals surface area contributed by atoms with E-state index in [0.717, 1.165) is 21.5 Å². The number of hydrogen-bond acceptors (Lipinski definition) is 6. The fourth-order valence-corrected chi connectivity index (χ4v) is 13.3. The van der Waals surface area contributed by atoms with Gasteiger partial charge in [-0.2, -0.15) is 0 Å². The predicted molar refractivity (Wildman–Crippen MR) is 199 cm³/mol. The van der Waals surface area contributed by atoms with E-state index in [1.54, 1.807) is 12.1 Å². The Morgan fingerprint density at radius 1 is 0.840 bits per heavy atom. The van der Waals surface area contributed by atoms with E-state index >= 15 is 0 Å². The van der Waals surface area contributed by atoms with Gasteiger partial charge in [0.2, 0.25) is 11.8 Å². The number of nitrogens with zero attached hydrogens (tertiary/aromatic N) is 1. The lowest BCUT2D eigenvalue weighted by Gasteiger charge is -2.45. The van der Waals surface area contributed by atoms with Crippen LogP contribution in [0.4, 0.5) is 5.69 Å². The van der Waals surface area contributed by atoms with Crippen molar-refractivity contribution in [3.05, 3.63) is 131 Å². The molecule has 0 saturated carbocycles. The highest BCUT2D eigenvalue weighted by Crippen LogP contribution is 2.52. The van der Waals surface area contributed by atoms with Crippen molar-refractivity contribution < 1.29 is 28.8 Å². The third-order valence-electron chi connectivity index (χ3n) is 11.0. The molecule has 4 atom stereocenters. The zero-order chi connectivity index (χ0) is 35.4. The number of carbonyl (C=O) groups excluding carboxylic acids is 2. The normalized spacial score (nSPS) is 22.5. The first-order valence-electron chi connectivity index (χ1n) is 17.5. The molecular weight excluding hydrogens is 641 g/mol. The highest BCUT2D eigenvalue weighted by Gasteiger charge is 2.59. The number of carbonyl (C=O) groups is 2. The van der Waals surface area contributed by atoms with Gasteiger partial charge in [0.15, 0.2) is 0 Å². The number of phenolic OH excluding ortho intramolecular Hbond substituents is 1. The summed E-state index contributed by atoms with van der Waals surface area (Å²) in [6, 6.07) is 33.6. The Kier molecular flexibility index (Phi) is 8.97. The fourth-order valence-electron chi connectivity index (χ4n) is 8.72. The fraction of sp³-hybridized carbons (Fsp3) is 0.317. The van der Waals surface area contributed by atoms with E-state index in [2.05, 4.69) is 45.0 Å². The molecule has 3 aliphatic rings. The lowest BCUT2D eigenvalue weighted by atomic mass is 9.55. The van der Waals surface area contributed by atoms with Crippen molar-refractivity contribution in [1.82, 2.24) is 0 Å². The molecule has 4 aromatic rings. The minimum Gasteiger partial charge on any atom is -0.507 e. The van der Waals surface area contributed by atoms with Crippen LogP contribution in [-0.4, -0.2) is 44.0 Å². The van der Waals surface area contributed by atoms with Gasteiger partial charge in [-0.25, -0.2) is 0 Å². The van der Waals surface area contributed by atoms with Crippen LogP contribution in [0.5, 0.6) is 5.75 Å². The minimum atomic E-state index is -2.97. The molecule has 0 spiro atoms. The second-order valence-electron chi connectivity index (χ2n) is 15.0. The van der Waals surface area contributed by atoms with Gasteiger partial charge in [-0.05, 0) is 100 Å². The Balaban J connectivity index is 1.33. The molecule has 2 N–H and O–H groups in total. The summed E-state index contributed by atoms with van der Waals surface area (Å²) in [6.45, 7) is 10.5. The monoisotopic (exact) mass is 685 g/mol. The average Bonchev–Trinajstić information content (AvgIpc) is 3.36. The van der Waals surface area contributed by atoms with E-state index in [4.69, 9.17) is 9.08 Å². The molecule has 7 nitrogen and oxygen atoms in total. The number of benzene rings is 4. The van der Waals surface area contributed by atoms with Crippen LogP contribution in [0.1, 0.15) is 56.4 Å². The van der Waals surface area contributed by atoms with Gasteiger partial charge in [-0.1, -0.05) is 99.6 Å². The Morgan fingerprint density at radius 2 is 1.38 bits per heavy atom. The van der Waals surface area contributed by atoms with Crippen molar-refractivity contribution in [3.63, 3.8) is 0 Å². The average molecular weight is 686 g/mol. The standard InChI is InChI=1S/C41H44BNO6Si/c1-26-21-28(22-27(2)38(26)44)35-24-33-36-34(39(45)43(40(36)46)30-15-9-6-10-16-30)23-29(37(33)42(47)49-35)25-48-50(41(3,4)5,31-17-11-7-12-18-31)32-19-13-8-14-20-32/h6-22,33-36,44,47H,23-25H2,1-5H3/t33-,34-,35-,36+/m0/s1. The van der Waals surface area contributed by atoms with Crippen molar-refractivity contribution in [2.45, 2.75) is 58.6 Å². The molecule has 1 aliphatic carbocycles. The van der Waals surface area contributed by atoms with Crippen LogP contribution in [-0.2, 0) is 18.7 Å². The molecule has 0 bridgehead atoms. The van der Waals surface area contributed by atoms with Crippen LogP contribution in [0.3, 0.4) is 0 Å². The van der Waals surface area contributed by atoms with Gasteiger partial charge in [-0.3, -0.25) is 14.5 Å². The van der Waals surface area contributed by atoms with E-state index < -0.39 is 39.3 Å². The molecule has 2 amide bonds. The largest absolute Gasteiger partial charge is 0.507 e. The highest BCUT2D eigenvalue weighted by molar-refractivity contribution is 6.99. The van der Waals surface area contributed by atoms with E-state index in [1.165, 1.54) is 4.90 Å². The number of hydrogen-bond donors (Lipinski definition) is 2. The summed E-state index contributed by atoms with van der Waals surface area (Å²) < 4.78 is 13.7. The zero-order valence-corrected chi connectivity index (χ0v) is 30.3. The summed E-state index contributed by atoms with van der Waals surface area (Å²) in [5.74, 6) is -1.92. The van der Waals surface area contributed by atoms with Crippen LogP contribution >= 0.6 is 0 Å². The van der Waals surface area contributed by atoms with Crippen molar-refractivity contribution in [2.24, 2.45) is 17.8 Å². The van der Waals surface area contributed by atoms with Gasteiger partial charge in [0.1, 0.15) is 5.75 Å². The van der Waals surface area contributed by atoms with Gasteiger partial charge >= 0.3 is 7.12 Å². The van der Waals surface area contributed by atoms with Crippen LogP contribution in [0.15, 0.2) is 114 Å². The van der Waals surface area contributed by atoms with Crippen molar-refractivity contribution >= 4 is 43.3 Å². The van der Waals surface area contributed by atoms with E-state index in [1.807, 2.05) is 80.6 Å². The minimum absolute atomic E-state index is 0.192. The predicted octanol–water partition coefficient (Wildman–Crippen LogP) is 6.19. The maximum atomic E-state index is 14.3. The van der Waals surface area contributed by atoms with Crippen molar-refractivity contribution in [2.75, 3.05) is 11.5 Å².